The summed E-state index contributed by atoms with van der Waals surface area (Å²) < 4.78 is 0. The molecular formula is C20H22ClN3O2. The number of hydrogen-bond acceptors (Lipinski definition) is 2. The lowest BCUT2D eigenvalue weighted by Crippen LogP contribution is -2.32. The van der Waals surface area contributed by atoms with Crippen molar-refractivity contribution in [1.29, 1.82) is 0 Å². The number of nitrogens with one attached hydrogen (secondary N) is 2. The van der Waals surface area contributed by atoms with Gasteiger partial charge in [0.15, 0.2) is 0 Å². The zero-order valence-electron chi connectivity index (χ0n) is 14.7. The summed E-state index contributed by atoms with van der Waals surface area (Å²) in [6.45, 7) is 2.52. The van der Waals surface area contributed by atoms with Crippen molar-refractivity contribution in [2.45, 2.75) is 32.2 Å². The smallest absolute Gasteiger partial charge is 0.319 e. The molecule has 0 unspecified atom stereocenters. The molecule has 3 amide bonds. The first-order valence-electron chi connectivity index (χ1n) is 8.75. The number of amides is 3. The van der Waals surface area contributed by atoms with Gasteiger partial charge in [0.05, 0.1) is 0 Å². The molecule has 0 bridgehead atoms. The van der Waals surface area contributed by atoms with E-state index in [1.54, 1.807) is 4.90 Å². The van der Waals surface area contributed by atoms with E-state index in [-0.39, 0.29) is 18.0 Å². The number of carbonyl (C=O) groups is 2. The summed E-state index contributed by atoms with van der Waals surface area (Å²) in [7, 11) is 0. The third kappa shape index (κ3) is 4.35. The lowest BCUT2D eigenvalue weighted by atomic mass is 10.1. The monoisotopic (exact) mass is 371 g/mol. The Hall–Kier alpha value is -2.53. The minimum absolute atomic E-state index is 0.124. The summed E-state index contributed by atoms with van der Waals surface area (Å²) in [5.41, 5.74) is 2.47. The molecule has 5 nitrogen and oxygen atoms in total. The molecule has 1 aliphatic rings. The van der Waals surface area contributed by atoms with Gasteiger partial charge in [-0.15, -0.1) is 0 Å². The van der Waals surface area contributed by atoms with Crippen LogP contribution in [-0.4, -0.2) is 24.5 Å². The zero-order valence-corrected chi connectivity index (χ0v) is 15.4. The quantitative estimate of drug-likeness (QED) is 0.826. The average molecular weight is 372 g/mol. The molecule has 1 aliphatic heterocycles. The van der Waals surface area contributed by atoms with Gasteiger partial charge in [-0.2, -0.15) is 0 Å². The molecule has 136 valence electrons. The molecule has 1 fully saturated rings. The Labute approximate surface area is 158 Å². The van der Waals surface area contributed by atoms with Gasteiger partial charge in [0.2, 0.25) is 5.91 Å². The zero-order chi connectivity index (χ0) is 18.5. The molecule has 0 radical (unpaired) electrons. The third-order valence-electron chi connectivity index (χ3n) is 4.51. The van der Waals surface area contributed by atoms with E-state index < -0.39 is 0 Å². The summed E-state index contributed by atoms with van der Waals surface area (Å²) in [5, 5.41) is 6.34. The van der Waals surface area contributed by atoms with Crippen molar-refractivity contribution in [1.82, 2.24) is 5.32 Å². The summed E-state index contributed by atoms with van der Waals surface area (Å²) in [5.74, 6) is 0.124. The van der Waals surface area contributed by atoms with E-state index in [1.807, 2.05) is 55.5 Å². The van der Waals surface area contributed by atoms with Crippen molar-refractivity contribution in [2.75, 3.05) is 16.8 Å². The van der Waals surface area contributed by atoms with Gasteiger partial charge in [0, 0.05) is 35.4 Å². The third-order valence-corrected chi connectivity index (χ3v) is 4.87. The molecule has 1 atom stereocenters. The average Bonchev–Trinajstić information content (AvgIpc) is 2.95. The molecule has 0 aromatic heterocycles. The van der Waals surface area contributed by atoms with Crippen LogP contribution in [0.15, 0.2) is 48.5 Å². The first-order valence-corrected chi connectivity index (χ1v) is 9.13. The fraction of sp³-hybridized carbons (Fsp3) is 0.300. The minimum Gasteiger partial charge on any atom is -0.338 e. The maximum Gasteiger partial charge on any atom is 0.319 e. The van der Waals surface area contributed by atoms with Gasteiger partial charge in [-0.05, 0) is 49.6 Å². The van der Waals surface area contributed by atoms with Crippen molar-refractivity contribution in [3.05, 3.63) is 59.1 Å². The maximum atomic E-state index is 12.1. The van der Waals surface area contributed by atoms with E-state index in [9.17, 15) is 9.59 Å². The fourth-order valence-electron chi connectivity index (χ4n) is 3.15. The normalized spacial score (nSPS) is 16.6. The first-order chi connectivity index (χ1) is 12.5. The van der Waals surface area contributed by atoms with Gasteiger partial charge in [-0.25, -0.2) is 4.79 Å². The lowest BCUT2D eigenvalue weighted by molar-refractivity contribution is -0.117. The van der Waals surface area contributed by atoms with Crippen LogP contribution < -0.4 is 15.5 Å². The fourth-order valence-corrected chi connectivity index (χ4v) is 3.38. The van der Waals surface area contributed by atoms with E-state index in [4.69, 9.17) is 11.6 Å². The minimum atomic E-state index is -0.282. The van der Waals surface area contributed by atoms with Crippen molar-refractivity contribution in [3.8, 4) is 0 Å². The van der Waals surface area contributed by atoms with Crippen molar-refractivity contribution >= 4 is 34.9 Å². The van der Waals surface area contributed by atoms with Crippen molar-refractivity contribution in [3.63, 3.8) is 0 Å². The second kappa shape index (κ2) is 8.23. The molecule has 26 heavy (non-hydrogen) atoms. The SMILES string of the molecule is C[C@H]1CCC(=O)N1c1cccc(NC(=O)NCCc2ccccc2Cl)c1. The standard InChI is InChI=1S/C20H22ClN3O2/c1-14-9-10-19(25)24(14)17-7-4-6-16(13-17)23-20(26)22-12-11-15-5-2-3-8-18(15)21/h2-8,13-14H,9-12H2,1H3,(H2,22,23,26)/t14-/m0/s1. The summed E-state index contributed by atoms with van der Waals surface area (Å²) in [6.07, 6.45) is 2.09. The van der Waals surface area contributed by atoms with Crippen LogP contribution in [-0.2, 0) is 11.2 Å². The number of rotatable bonds is 5. The topological polar surface area (TPSA) is 61.4 Å². The molecular weight excluding hydrogens is 350 g/mol. The second-order valence-corrected chi connectivity index (χ2v) is 6.83. The number of halogens is 1. The van der Waals surface area contributed by atoms with E-state index in [0.29, 0.717) is 30.1 Å². The Morgan fingerprint density at radius 1 is 1.23 bits per heavy atom. The summed E-state index contributed by atoms with van der Waals surface area (Å²) >= 11 is 6.11. The highest BCUT2D eigenvalue weighted by molar-refractivity contribution is 6.31. The number of benzene rings is 2. The Bertz CT molecular complexity index is 809. The van der Waals surface area contributed by atoms with Crippen molar-refractivity contribution < 1.29 is 9.59 Å². The Kier molecular flexibility index (Phi) is 5.78. The molecule has 2 N–H and O–H groups in total. The molecule has 1 heterocycles. The second-order valence-electron chi connectivity index (χ2n) is 6.42. The molecule has 6 heteroatoms. The van der Waals surface area contributed by atoms with Gasteiger partial charge in [-0.3, -0.25) is 4.79 Å². The number of urea groups is 1. The van der Waals surface area contributed by atoms with Crippen LogP contribution in [0.3, 0.4) is 0 Å². The Balaban J connectivity index is 1.55. The van der Waals surface area contributed by atoms with E-state index in [1.165, 1.54) is 0 Å². The number of carbonyl (C=O) groups excluding carboxylic acids is 2. The highest BCUT2D eigenvalue weighted by Gasteiger charge is 2.28. The number of nitrogens with zero attached hydrogens (tertiary/aromatic N) is 1. The number of hydrogen-bond donors (Lipinski definition) is 2. The molecule has 0 spiro atoms. The molecule has 0 aliphatic carbocycles. The number of anilines is 2. The predicted molar refractivity (Wildman–Crippen MR) is 105 cm³/mol. The van der Waals surface area contributed by atoms with Crippen LogP contribution in [0.25, 0.3) is 0 Å². The van der Waals surface area contributed by atoms with Crippen LogP contribution in [0.4, 0.5) is 16.2 Å². The highest BCUT2D eigenvalue weighted by atomic mass is 35.5. The molecule has 3 rings (SSSR count). The Morgan fingerprint density at radius 3 is 2.77 bits per heavy atom. The van der Waals surface area contributed by atoms with Crippen molar-refractivity contribution in [2.24, 2.45) is 0 Å². The molecule has 0 saturated carbocycles. The van der Waals surface area contributed by atoms with Gasteiger partial charge in [0.1, 0.15) is 0 Å². The van der Waals surface area contributed by atoms with Crippen LogP contribution in [0, 0.1) is 0 Å². The van der Waals surface area contributed by atoms with Gasteiger partial charge < -0.3 is 15.5 Å². The first kappa shape index (κ1) is 18.3. The molecule has 2 aromatic carbocycles. The largest absolute Gasteiger partial charge is 0.338 e. The lowest BCUT2D eigenvalue weighted by Gasteiger charge is -2.22. The van der Waals surface area contributed by atoms with Crippen LogP contribution in [0.5, 0.6) is 0 Å². The predicted octanol–water partition coefficient (Wildman–Crippen LogP) is 4.22. The Morgan fingerprint density at radius 2 is 2.04 bits per heavy atom. The van der Waals surface area contributed by atoms with Gasteiger partial charge in [-0.1, -0.05) is 35.9 Å². The van der Waals surface area contributed by atoms with E-state index in [0.717, 1.165) is 17.7 Å². The maximum absolute atomic E-state index is 12.1. The highest BCUT2D eigenvalue weighted by Crippen LogP contribution is 2.28. The summed E-state index contributed by atoms with van der Waals surface area (Å²) in [6, 6.07) is 14.8. The van der Waals surface area contributed by atoms with Crippen LogP contribution in [0.1, 0.15) is 25.3 Å². The van der Waals surface area contributed by atoms with E-state index in [2.05, 4.69) is 10.6 Å². The van der Waals surface area contributed by atoms with E-state index >= 15 is 0 Å². The van der Waals surface area contributed by atoms with Crippen LogP contribution in [0.2, 0.25) is 5.02 Å². The van der Waals surface area contributed by atoms with Gasteiger partial charge in [0.25, 0.3) is 0 Å². The molecule has 2 aromatic rings. The van der Waals surface area contributed by atoms with Crippen LogP contribution >= 0.6 is 11.6 Å². The van der Waals surface area contributed by atoms with Gasteiger partial charge >= 0.3 is 6.03 Å². The summed E-state index contributed by atoms with van der Waals surface area (Å²) in [4.78, 5) is 25.9. The molecule has 1 saturated heterocycles.